The summed E-state index contributed by atoms with van der Waals surface area (Å²) in [5, 5.41) is 3.40. The van der Waals surface area contributed by atoms with E-state index in [-0.39, 0.29) is 5.41 Å². The molecular weight excluding hydrogens is 204 g/mol. The van der Waals surface area contributed by atoms with Crippen molar-refractivity contribution in [1.82, 2.24) is 5.32 Å². The normalized spacial score (nSPS) is 14.2. The fourth-order valence-electron chi connectivity index (χ4n) is 1.49. The first-order valence-corrected chi connectivity index (χ1v) is 6.34. The maximum Gasteiger partial charge on any atom is 0.0539 e. The lowest BCUT2D eigenvalue weighted by Gasteiger charge is -2.17. The molecule has 1 unspecified atom stereocenters. The molecule has 3 N–H and O–H groups in total. The maximum absolute atomic E-state index is 5.75. The summed E-state index contributed by atoms with van der Waals surface area (Å²) in [6.45, 7) is 10.5. The molecule has 0 spiro atoms. The van der Waals surface area contributed by atoms with Crippen molar-refractivity contribution in [3.63, 3.8) is 0 Å². The molecule has 2 nitrogen and oxygen atoms in total. The van der Waals surface area contributed by atoms with Crippen LogP contribution in [0.2, 0.25) is 0 Å². The van der Waals surface area contributed by atoms with Gasteiger partial charge in [-0.2, -0.15) is 0 Å². The number of likely N-dealkylation sites (N-methyl/N-ethyl adjacent to an activating group) is 1. The van der Waals surface area contributed by atoms with Crippen molar-refractivity contribution in [2.75, 3.05) is 13.1 Å². The molecule has 0 aliphatic carbocycles. The van der Waals surface area contributed by atoms with E-state index in [9.17, 15) is 0 Å². The zero-order valence-corrected chi connectivity index (χ0v) is 10.9. The lowest BCUT2D eigenvalue weighted by atomic mass is 9.95. The van der Waals surface area contributed by atoms with Crippen LogP contribution in [0.5, 0.6) is 0 Å². The highest BCUT2D eigenvalue weighted by molar-refractivity contribution is 7.12. The Morgan fingerprint density at radius 3 is 2.47 bits per heavy atom. The molecule has 0 fully saturated rings. The van der Waals surface area contributed by atoms with Crippen molar-refractivity contribution >= 4 is 11.3 Å². The van der Waals surface area contributed by atoms with E-state index in [0.29, 0.717) is 12.6 Å². The molecule has 0 saturated heterocycles. The number of hydrogen-bond donors (Lipinski definition) is 2. The maximum atomic E-state index is 5.75. The average Bonchev–Trinajstić information content (AvgIpc) is 2.62. The van der Waals surface area contributed by atoms with Gasteiger partial charge in [0.05, 0.1) is 6.04 Å². The van der Waals surface area contributed by atoms with Crippen LogP contribution in [0.1, 0.15) is 43.5 Å². The van der Waals surface area contributed by atoms with E-state index in [1.807, 2.05) is 11.3 Å². The molecule has 15 heavy (non-hydrogen) atoms. The van der Waals surface area contributed by atoms with Gasteiger partial charge in [0.25, 0.3) is 0 Å². The first kappa shape index (κ1) is 12.7. The number of rotatable bonds is 4. The monoisotopic (exact) mass is 226 g/mol. The summed E-state index contributed by atoms with van der Waals surface area (Å²) in [7, 11) is 0. The molecule has 3 heteroatoms. The van der Waals surface area contributed by atoms with Crippen LogP contribution in [0.15, 0.2) is 12.1 Å². The molecule has 1 aromatic rings. The Kier molecular flexibility index (Phi) is 4.32. The first-order valence-electron chi connectivity index (χ1n) is 5.52. The number of nitrogens with two attached hydrogens (primary N) is 1. The van der Waals surface area contributed by atoms with Crippen LogP contribution < -0.4 is 11.1 Å². The second-order valence-electron chi connectivity index (χ2n) is 4.80. The van der Waals surface area contributed by atoms with E-state index in [0.717, 1.165) is 6.54 Å². The highest BCUT2D eigenvalue weighted by Gasteiger charge is 2.18. The van der Waals surface area contributed by atoms with E-state index >= 15 is 0 Å². The topological polar surface area (TPSA) is 38.0 Å². The molecule has 0 aliphatic rings. The molecule has 0 aromatic carbocycles. The summed E-state index contributed by atoms with van der Waals surface area (Å²) in [5.41, 5.74) is 6.00. The lowest BCUT2D eigenvalue weighted by Crippen LogP contribution is -2.27. The fraction of sp³-hybridized carbons (Fsp3) is 0.667. The molecule has 0 aliphatic heterocycles. The van der Waals surface area contributed by atoms with Crippen LogP contribution in [0, 0.1) is 0 Å². The minimum Gasteiger partial charge on any atom is -0.329 e. The Hall–Kier alpha value is -0.380. The Morgan fingerprint density at radius 2 is 2.07 bits per heavy atom. The second kappa shape index (κ2) is 5.10. The summed E-state index contributed by atoms with van der Waals surface area (Å²) in [6.07, 6.45) is 0. The van der Waals surface area contributed by atoms with Crippen LogP contribution in [0.25, 0.3) is 0 Å². The Labute approximate surface area is 96.9 Å². The van der Waals surface area contributed by atoms with Gasteiger partial charge in [0.15, 0.2) is 0 Å². The van der Waals surface area contributed by atoms with Gasteiger partial charge in [0, 0.05) is 16.3 Å². The predicted molar refractivity (Wildman–Crippen MR) is 68.5 cm³/mol. The van der Waals surface area contributed by atoms with Gasteiger partial charge < -0.3 is 11.1 Å². The van der Waals surface area contributed by atoms with Gasteiger partial charge in [-0.25, -0.2) is 0 Å². The number of hydrogen-bond acceptors (Lipinski definition) is 3. The van der Waals surface area contributed by atoms with E-state index in [2.05, 4.69) is 45.1 Å². The van der Waals surface area contributed by atoms with Crippen LogP contribution >= 0.6 is 11.3 Å². The molecule has 86 valence electrons. The van der Waals surface area contributed by atoms with Crippen LogP contribution in [-0.2, 0) is 5.41 Å². The highest BCUT2D eigenvalue weighted by Crippen LogP contribution is 2.31. The third-order valence-corrected chi connectivity index (χ3v) is 4.02. The molecular formula is C12H22N2S. The van der Waals surface area contributed by atoms with Crippen molar-refractivity contribution in [1.29, 1.82) is 0 Å². The van der Waals surface area contributed by atoms with Crippen molar-refractivity contribution in [2.45, 2.75) is 39.2 Å². The zero-order chi connectivity index (χ0) is 11.5. The third-order valence-electron chi connectivity index (χ3n) is 2.40. The summed E-state index contributed by atoms with van der Waals surface area (Å²) >= 11 is 1.87. The zero-order valence-electron chi connectivity index (χ0n) is 10.1. The van der Waals surface area contributed by atoms with Gasteiger partial charge in [-0.3, -0.25) is 0 Å². The van der Waals surface area contributed by atoms with Crippen molar-refractivity contribution < 1.29 is 0 Å². The summed E-state index contributed by atoms with van der Waals surface area (Å²) in [6, 6.07) is 4.74. The fourth-order valence-corrected chi connectivity index (χ4v) is 2.64. The van der Waals surface area contributed by atoms with Gasteiger partial charge in [-0.1, -0.05) is 27.7 Å². The van der Waals surface area contributed by atoms with E-state index in [1.165, 1.54) is 9.75 Å². The number of thiophene rings is 1. The van der Waals surface area contributed by atoms with Gasteiger partial charge in [0.1, 0.15) is 0 Å². The van der Waals surface area contributed by atoms with Gasteiger partial charge in [0.2, 0.25) is 0 Å². The molecule has 0 radical (unpaired) electrons. The van der Waals surface area contributed by atoms with E-state index < -0.39 is 0 Å². The minimum absolute atomic E-state index is 0.244. The van der Waals surface area contributed by atoms with E-state index in [4.69, 9.17) is 5.73 Å². The first-order chi connectivity index (χ1) is 6.99. The van der Waals surface area contributed by atoms with Gasteiger partial charge >= 0.3 is 0 Å². The van der Waals surface area contributed by atoms with Crippen molar-refractivity contribution in [3.05, 3.63) is 21.9 Å². The molecule has 0 amide bonds. The second-order valence-corrected chi connectivity index (χ2v) is 5.91. The van der Waals surface area contributed by atoms with E-state index in [1.54, 1.807) is 0 Å². The minimum atomic E-state index is 0.244. The summed E-state index contributed by atoms with van der Waals surface area (Å²) < 4.78 is 0. The molecule has 0 bridgehead atoms. The third kappa shape index (κ3) is 3.30. The lowest BCUT2D eigenvalue weighted by molar-refractivity contribution is 0.570. The van der Waals surface area contributed by atoms with Crippen molar-refractivity contribution in [2.24, 2.45) is 5.73 Å². The Morgan fingerprint density at radius 1 is 1.40 bits per heavy atom. The Balaban J connectivity index is 2.82. The van der Waals surface area contributed by atoms with Gasteiger partial charge in [-0.15, -0.1) is 11.3 Å². The highest BCUT2D eigenvalue weighted by atomic mass is 32.1. The SMILES string of the molecule is CCNC(CN)c1ccc(C(C)(C)C)s1. The summed E-state index contributed by atoms with van der Waals surface area (Å²) in [4.78, 5) is 2.78. The van der Waals surface area contributed by atoms with Gasteiger partial charge in [-0.05, 0) is 24.1 Å². The summed E-state index contributed by atoms with van der Waals surface area (Å²) in [5.74, 6) is 0. The average molecular weight is 226 g/mol. The largest absolute Gasteiger partial charge is 0.329 e. The Bertz CT molecular complexity index is 299. The van der Waals surface area contributed by atoms with Crippen LogP contribution in [0.4, 0.5) is 0 Å². The molecule has 1 aromatic heterocycles. The standard InChI is InChI=1S/C12H22N2S/c1-5-14-9(8-13)10-6-7-11(15-10)12(2,3)4/h6-7,9,14H,5,8,13H2,1-4H3. The molecule has 1 rings (SSSR count). The van der Waals surface area contributed by atoms with Crippen molar-refractivity contribution in [3.8, 4) is 0 Å². The smallest absolute Gasteiger partial charge is 0.0539 e. The molecule has 0 saturated carbocycles. The number of nitrogens with one attached hydrogen (secondary N) is 1. The van der Waals surface area contributed by atoms with Crippen LogP contribution in [-0.4, -0.2) is 13.1 Å². The molecule has 1 heterocycles. The quantitative estimate of drug-likeness (QED) is 0.828. The van der Waals surface area contributed by atoms with Crippen LogP contribution in [0.3, 0.4) is 0 Å². The predicted octanol–water partition coefficient (Wildman–Crippen LogP) is 2.65. The molecule has 1 atom stereocenters.